The van der Waals surface area contributed by atoms with Crippen molar-refractivity contribution in [3.8, 4) is 5.82 Å². The summed E-state index contributed by atoms with van der Waals surface area (Å²) < 4.78 is 1.81. The van der Waals surface area contributed by atoms with Gasteiger partial charge in [-0.05, 0) is 25.0 Å². The first-order valence-electron chi connectivity index (χ1n) is 7.99. The number of hydrogen-bond donors (Lipinski definition) is 0. The van der Waals surface area contributed by atoms with Crippen LogP contribution >= 0.6 is 0 Å². The molecule has 6 nitrogen and oxygen atoms in total. The van der Waals surface area contributed by atoms with Crippen molar-refractivity contribution in [3.05, 3.63) is 72.7 Å². The zero-order chi connectivity index (χ0) is 16.4. The van der Waals surface area contributed by atoms with Crippen molar-refractivity contribution < 1.29 is 4.79 Å². The standard InChI is InChI=1S/C18H17N5O/c24-18(14-5-2-1-3-6-14)23-9-4-7-16(23)15-11-20-12-17(21-15)22-10-8-19-13-22/h1-3,5-6,8,10-13,16H,4,7,9H2/t16-/m0/s1. The highest BCUT2D eigenvalue weighted by molar-refractivity contribution is 5.94. The summed E-state index contributed by atoms with van der Waals surface area (Å²) >= 11 is 0. The van der Waals surface area contributed by atoms with Crippen LogP contribution in [0.15, 0.2) is 61.4 Å². The molecule has 3 aromatic rings. The molecule has 1 aliphatic heterocycles. The maximum Gasteiger partial charge on any atom is 0.254 e. The van der Waals surface area contributed by atoms with Gasteiger partial charge in [0.1, 0.15) is 6.33 Å². The van der Waals surface area contributed by atoms with E-state index in [1.807, 2.05) is 46.0 Å². The Kier molecular flexibility index (Phi) is 3.78. The van der Waals surface area contributed by atoms with Gasteiger partial charge in [-0.1, -0.05) is 18.2 Å². The number of imidazole rings is 1. The molecule has 6 heteroatoms. The number of amides is 1. The molecule has 1 saturated heterocycles. The van der Waals surface area contributed by atoms with Crippen LogP contribution in [0.25, 0.3) is 5.82 Å². The van der Waals surface area contributed by atoms with Gasteiger partial charge in [-0.3, -0.25) is 14.3 Å². The molecule has 0 bridgehead atoms. The van der Waals surface area contributed by atoms with Crippen LogP contribution in [-0.2, 0) is 0 Å². The quantitative estimate of drug-likeness (QED) is 0.744. The first kappa shape index (κ1) is 14.6. The Morgan fingerprint density at radius 1 is 1.12 bits per heavy atom. The van der Waals surface area contributed by atoms with E-state index >= 15 is 0 Å². The van der Waals surface area contributed by atoms with Crippen LogP contribution in [0, 0.1) is 0 Å². The Bertz CT molecular complexity index is 832. The predicted octanol–water partition coefficient (Wildman–Crippen LogP) is 2.64. The number of aromatic nitrogens is 4. The number of carbonyl (C=O) groups excluding carboxylic acids is 1. The summed E-state index contributed by atoms with van der Waals surface area (Å²) in [5, 5.41) is 0. The van der Waals surface area contributed by atoms with E-state index in [-0.39, 0.29) is 11.9 Å². The number of benzene rings is 1. The first-order chi connectivity index (χ1) is 11.8. The fourth-order valence-electron chi connectivity index (χ4n) is 3.11. The Morgan fingerprint density at radius 3 is 2.79 bits per heavy atom. The third kappa shape index (κ3) is 2.67. The average molecular weight is 319 g/mol. The van der Waals surface area contributed by atoms with E-state index in [4.69, 9.17) is 4.98 Å². The van der Waals surface area contributed by atoms with Gasteiger partial charge in [0.25, 0.3) is 5.91 Å². The van der Waals surface area contributed by atoms with Crippen LogP contribution in [-0.4, -0.2) is 36.9 Å². The van der Waals surface area contributed by atoms with Gasteiger partial charge >= 0.3 is 0 Å². The van der Waals surface area contributed by atoms with E-state index in [0.29, 0.717) is 11.4 Å². The Hall–Kier alpha value is -3.02. The number of nitrogens with zero attached hydrogens (tertiary/aromatic N) is 5. The van der Waals surface area contributed by atoms with Crippen molar-refractivity contribution in [2.45, 2.75) is 18.9 Å². The minimum atomic E-state index is -0.0336. The molecule has 2 aromatic heterocycles. The molecule has 120 valence electrons. The summed E-state index contributed by atoms with van der Waals surface area (Å²) in [5.74, 6) is 0.761. The molecule has 1 fully saturated rings. The van der Waals surface area contributed by atoms with Crippen molar-refractivity contribution in [1.29, 1.82) is 0 Å². The van der Waals surface area contributed by atoms with Crippen molar-refractivity contribution in [2.24, 2.45) is 0 Å². The van der Waals surface area contributed by atoms with Gasteiger partial charge in [0, 0.05) is 24.5 Å². The summed E-state index contributed by atoms with van der Waals surface area (Å²) in [6.45, 7) is 0.745. The van der Waals surface area contributed by atoms with Crippen molar-refractivity contribution >= 4 is 5.91 Å². The van der Waals surface area contributed by atoms with E-state index in [9.17, 15) is 4.79 Å². The van der Waals surface area contributed by atoms with Crippen molar-refractivity contribution in [3.63, 3.8) is 0 Å². The van der Waals surface area contributed by atoms with Crippen molar-refractivity contribution in [1.82, 2.24) is 24.4 Å². The second-order valence-electron chi connectivity index (χ2n) is 5.79. The molecule has 1 amide bonds. The molecule has 1 aromatic carbocycles. The third-order valence-electron chi connectivity index (χ3n) is 4.29. The normalized spacial score (nSPS) is 17.2. The fourth-order valence-corrected chi connectivity index (χ4v) is 3.11. The maximum absolute atomic E-state index is 12.8. The fraction of sp³-hybridized carbons (Fsp3) is 0.222. The SMILES string of the molecule is O=C(c1ccccc1)N1CCC[C@H]1c1cncc(-n2ccnc2)n1. The molecule has 0 aliphatic carbocycles. The lowest BCUT2D eigenvalue weighted by molar-refractivity contribution is 0.0732. The molecule has 0 unspecified atom stereocenters. The zero-order valence-electron chi connectivity index (χ0n) is 13.1. The molecular weight excluding hydrogens is 302 g/mol. The van der Waals surface area contributed by atoms with Crippen LogP contribution in [0.1, 0.15) is 34.9 Å². The second kappa shape index (κ2) is 6.23. The highest BCUT2D eigenvalue weighted by Crippen LogP contribution is 2.32. The van der Waals surface area contributed by atoms with Gasteiger partial charge in [0.2, 0.25) is 0 Å². The van der Waals surface area contributed by atoms with Crippen LogP contribution in [0.5, 0.6) is 0 Å². The van der Waals surface area contributed by atoms with Crippen LogP contribution in [0.2, 0.25) is 0 Å². The Morgan fingerprint density at radius 2 is 2.00 bits per heavy atom. The smallest absolute Gasteiger partial charge is 0.254 e. The molecule has 24 heavy (non-hydrogen) atoms. The molecule has 4 rings (SSSR count). The second-order valence-corrected chi connectivity index (χ2v) is 5.79. The molecule has 0 N–H and O–H groups in total. The molecule has 3 heterocycles. The Labute approximate surface area is 139 Å². The van der Waals surface area contributed by atoms with Crippen LogP contribution in [0.4, 0.5) is 0 Å². The zero-order valence-corrected chi connectivity index (χ0v) is 13.1. The molecule has 1 aliphatic rings. The summed E-state index contributed by atoms with van der Waals surface area (Å²) in [5.41, 5.74) is 1.53. The van der Waals surface area contributed by atoms with Gasteiger partial charge in [0.15, 0.2) is 5.82 Å². The largest absolute Gasteiger partial charge is 0.330 e. The topological polar surface area (TPSA) is 63.9 Å². The highest BCUT2D eigenvalue weighted by Gasteiger charge is 2.31. The maximum atomic E-state index is 12.8. The lowest BCUT2D eigenvalue weighted by atomic mass is 10.1. The minimum Gasteiger partial charge on any atom is -0.330 e. The summed E-state index contributed by atoms with van der Waals surface area (Å²) in [6.07, 6.45) is 10.5. The van der Waals surface area contributed by atoms with Crippen molar-refractivity contribution in [2.75, 3.05) is 6.54 Å². The molecule has 0 radical (unpaired) electrons. The number of likely N-dealkylation sites (tertiary alicyclic amines) is 1. The molecule has 1 atom stereocenters. The summed E-state index contributed by atoms with van der Waals surface area (Å²) in [7, 11) is 0. The van der Waals surface area contributed by atoms with Crippen LogP contribution in [0.3, 0.4) is 0 Å². The minimum absolute atomic E-state index is 0.0336. The van der Waals surface area contributed by atoms with Gasteiger partial charge in [-0.2, -0.15) is 0 Å². The predicted molar refractivity (Wildman–Crippen MR) is 88.6 cm³/mol. The Balaban J connectivity index is 1.64. The monoisotopic (exact) mass is 319 g/mol. The van der Waals surface area contributed by atoms with E-state index < -0.39 is 0 Å². The summed E-state index contributed by atoms with van der Waals surface area (Å²) in [4.78, 5) is 27.7. The third-order valence-corrected chi connectivity index (χ3v) is 4.29. The lowest BCUT2D eigenvalue weighted by Crippen LogP contribution is -2.31. The van der Waals surface area contributed by atoms with Gasteiger partial charge in [0.05, 0.1) is 24.1 Å². The highest BCUT2D eigenvalue weighted by atomic mass is 16.2. The van der Waals surface area contributed by atoms with Gasteiger partial charge in [-0.15, -0.1) is 0 Å². The first-order valence-corrected chi connectivity index (χ1v) is 7.99. The van der Waals surface area contributed by atoms with E-state index in [2.05, 4.69) is 9.97 Å². The number of hydrogen-bond acceptors (Lipinski definition) is 4. The summed E-state index contributed by atoms with van der Waals surface area (Å²) in [6, 6.07) is 9.36. The number of rotatable bonds is 3. The van der Waals surface area contributed by atoms with Gasteiger partial charge in [-0.25, -0.2) is 9.97 Å². The number of carbonyl (C=O) groups is 1. The van der Waals surface area contributed by atoms with E-state index in [1.54, 1.807) is 24.9 Å². The lowest BCUT2D eigenvalue weighted by Gasteiger charge is -2.24. The van der Waals surface area contributed by atoms with Gasteiger partial charge < -0.3 is 4.90 Å². The van der Waals surface area contributed by atoms with E-state index in [0.717, 1.165) is 25.1 Å². The average Bonchev–Trinajstić information content (AvgIpc) is 3.34. The van der Waals surface area contributed by atoms with Crippen LogP contribution < -0.4 is 0 Å². The molecular formula is C18H17N5O. The molecule has 0 spiro atoms. The molecule has 0 saturated carbocycles. The van der Waals surface area contributed by atoms with E-state index in [1.165, 1.54) is 0 Å².